The first-order valence-corrected chi connectivity index (χ1v) is 20.8. The Morgan fingerprint density at radius 1 is 0.569 bits per heavy atom. The number of carbonyl (C=O) groups excluding carboxylic acids is 4. The lowest BCUT2D eigenvalue weighted by Gasteiger charge is -2.46. The van der Waals surface area contributed by atoms with Gasteiger partial charge in [0.05, 0.1) is 30.2 Å². The largest absolute Gasteiger partial charge is 0.550 e. The Balaban J connectivity index is 1.12. The highest BCUT2D eigenvalue weighted by molar-refractivity contribution is 6.61. The molecule has 0 aromatic heterocycles. The first-order valence-electron chi connectivity index (χ1n) is 18.0. The number of rotatable bonds is 10. The molecule has 0 unspecified atom stereocenters. The first-order chi connectivity index (χ1) is 24.4. The summed E-state index contributed by atoms with van der Waals surface area (Å²) in [6, 6.07) is 14.3. The quantitative estimate of drug-likeness (QED) is 0.117. The molecular weight excluding hydrogens is 685 g/mol. The monoisotopic (exact) mass is 736 g/mol. The van der Waals surface area contributed by atoms with Crippen molar-refractivity contribution in [2.24, 2.45) is 17.3 Å². The second-order valence-electron chi connectivity index (χ2n) is 14.4. The van der Waals surface area contributed by atoms with E-state index in [-0.39, 0.29) is 17.6 Å². The minimum atomic E-state index is -1.02. The smallest absolute Gasteiger partial charge is 0.428 e. The van der Waals surface area contributed by atoms with Gasteiger partial charge in [-0.05, 0) is 121 Å². The van der Waals surface area contributed by atoms with Crippen molar-refractivity contribution in [1.29, 1.82) is 0 Å². The first kappa shape index (κ1) is 39.6. The molecule has 0 saturated heterocycles. The lowest BCUT2D eigenvalue weighted by atomic mass is 9.60. The van der Waals surface area contributed by atoms with Crippen LogP contribution in [0.5, 0.6) is 0 Å². The molecule has 0 heterocycles. The van der Waals surface area contributed by atoms with Crippen molar-refractivity contribution in [3.05, 3.63) is 82.2 Å². The van der Waals surface area contributed by atoms with E-state index in [0.29, 0.717) is 48.6 Å². The molecule has 2 fully saturated rings. The van der Waals surface area contributed by atoms with Gasteiger partial charge < -0.3 is 9.47 Å². The molecule has 10 nitrogen and oxygen atoms in total. The van der Waals surface area contributed by atoms with Gasteiger partial charge in [0.15, 0.2) is 0 Å². The van der Waals surface area contributed by atoms with E-state index in [9.17, 15) is 19.2 Å². The van der Waals surface area contributed by atoms with Crippen LogP contribution in [0.2, 0.25) is 0 Å². The summed E-state index contributed by atoms with van der Waals surface area (Å²) in [4.78, 5) is 68.1. The molecule has 0 aliphatic heterocycles. The molecule has 0 atom stereocenters. The van der Waals surface area contributed by atoms with Gasteiger partial charge in [-0.1, -0.05) is 71.0 Å². The molecule has 4 rings (SSSR count). The fourth-order valence-electron chi connectivity index (χ4n) is 7.10. The normalized spacial score (nSPS) is 21.7. The number of benzene rings is 2. The Morgan fingerprint density at radius 3 is 1.22 bits per heavy atom. The van der Waals surface area contributed by atoms with Crippen molar-refractivity contribution in [3.8, 4) is 0 Å². The molecule has 2 aromatic carbocycles. The average Bonchev–Trinajstić information content (AvgIpc) is 3.13. The van der Waals surface area contributed by atoms with Crippen LogP contribution in [-0.2, 0) is 29.0 Å². The highest BCUT2D eigenvalue weighted by Gasteiger charge is 2.41. The maximum absolute atomic E-state index is 12.3. The third-order valence-corrected chi connectivity index (χ3v) is 14.4. The van der Waals surface area contributed by atoms with Crippen LogP contribution in [-0.4, -0.2) is 55.5 Å². The van der Waals surface area contributed by atoms with Crippen LogP contribution in [0.1, 0.15) is 114 Å². The van der Waals surface area contributed by atoms with E-state index in [0.717, 1.165) is 25.7 Å². The molecule has 2 saturated carbocycles. The maximum atomic E-state index is 12.3. The van der Waals surface area contributed by atoms with Gasteiger partial charge in [-0.2, -0.15) is 9.59 Å². The number of hydrogen-bond acceptors (Lipinski definition) is 10. The van der Waals surface area contributed by atoms with Crippen molar-refractivity contribution >= 4 is 53.7 Å². The van der Waals surface area contributed by atoms with Crippen LogP contribution in [0.25, 0.3) is 0 Å². The highest BCUT2D eigenvalue weighted by Crippen LogP contribution is 2.49. The van der Waals surface area contributed by atoms with Gasteiger partial charge in [-0.3, -0.25) is 0 Å². The second-order valence-corrected chi connectivity index (χ2v) is 19.0. The summed E-state index contributed by atoms with van der Waals surface area (Å²) in [5, 5.41) is 5.13. The molecule has 2 aliphatic carbocycles. The lowest BCUT2D eigenvalue weighted by molar-refractivity contribution is -0.209. The Hall–Kier alpha value is -4.17. The van der Waals surface area contributed by atoms with Gasteiger partial charge in [-0.15, -0.1) is 0 Å². The van der Waals surface area contributed by atoms with Gasteiger partial charge in [0, 0.05) is 0 Å². The molecule has 12 heteroatoms. The molecule has 0 amide bonds. The summed E-state index contributed by atoms with van der Waals surface area (Å²) in [5.74, 6) is -0.627. The third-order valence-electron chi connectivity index (χ3n) is 10.7. The van der Waals surface area contributed by atoms with E-state index in [1.54, 1.807) is 24.3 Å². The molecule has 276 valence electrons. The lowest BCUT2D eigenvalue weighted by Crippen LogP contribution is -2.39. The van der Waals surface area contributed by atoms with Gasteiger partial charge in [0.1, 0.15) is 12.2 Å². The van der Waals surface area contributed by atoms with Crippen molar-refractivity contribution < 1.29 is 48.2 Å². The molecule has 0 bridgehead atoms. The molecule has 0 N–H and O–H groups in total. The number of hydrogen-bond donors (Lipinski definition) is 0. The van der Waals surface area contributed by atoms with Crippen LogP contribution < -0.4 is 10.4 Å². The molecule has 0 spiro atoms. The van der Waals surface area contributed by atoms with Crippen LogP contribution >= 0.6 is 0 Å². The van der Waals surface area contributed by atoms with E-state index in [2.05, 4.69) is 49.6 Å². The van der Waals surface area contributed by atoms with E-state index < -0.39 is 43.3 Å². The predicted molar refractivity (Wildman–Crippen MR) is 199 cm³/mol. The van der Waals surface area contributed by atoms with Gasteiger partial charge >= 0.3 is 24.2 Å². The fraction of sp³-hybridized carbons (Fsp3) is 0.487. The summed E-state index contributed by atoms with van der Waals surface area (Å²) >= 11 is 0. The summed E-state index contributed by atoms with van der Waals surface area (Å²) in [6.07, 6.45) is 7.89. The number of carbonyl (C=O) groups is 4. The Morgan fingerprint density at radius 2 is 0.902 bits per heavy atom. The van der Waals surface area contributed by atoms with E-state index in [1.165, 1.54) is 20.8 Å². The summed E-state index contributed by atoms with van der Waals surface area (Å²) in [5.41, 5.74) is 0.642. The van der Waals surface area contributed by atoms with Crippen molar-refractivity contribution in [2.75, 3.05) is 0 Å². The van der Waals surface area contributed by atoms with Crippen molar-refractivity contribution in [1.82, 2.24) is 0 Å². The molecule has 0 radical (unpaired) electrons. The standard InChI is InChI=1S/C39H52O10Si2/c1-7-25(3)50-33-21-9-27(10-22-33)35(40)46-48-37(42)44-31-17-13-29(14-18-31)39(5,6)30-15-19-32(20-16-30)45-38(43)49-47-36(41)28-11-23-34(24-12-28)51-26(4)8-2/h7-12,21-24,29-32H,13-20,50-51H2,1-6H3/b25-7+,26-8+. The van der Waals surface area contributed by atoms with Crippen LogP contribution in [0.4, 0.5) is 9.59 Å². The average molecular weight is 737 g/mol. The Labute approximate surface area is 305 Å². The molecular formula is C39H52O10Si2. The van der Waals surface area contributed by atoms with E-state index >= 15 is 0 Å². The third kappa shape index (κ3) is 12.0. The summed E-state index contributed by atoms with van der Waals surface area (Å²) < 4.78 is 10.9. The molecule has 2 aromatic rings. The minimum Gasteiger partial charge on any atom is -0.428 e. The zero-order valence-electron chi connectivity index (χ0n) is 30.7. The van der Waals surface area contributed by atoms with Crippen LogP contribution in [0, 0.1) is 17.3 Å². The second kappa shape index (κ2) is 18.9. The molecule has 51 heavy (non-hydrogen) atoms. The van der Waals surface area contributed by atoms with Gasteiger partial charge in [-0.25, -0.2) is 29.1 Å². The number of allylic oxidation sites excluding steroid dienone is 4. The summed E-state index contributed by atoms with van der Waals surface area (Å²) in [6.45, 7) is 12.8. The Bertz CT molecular complexity index is 1430. The highest BCUT2D eigenvalue weighted by atomic mass is 28.2. The number of ether oxygens (including phenoxy) is 2. The predicted octanol–water partition coefficient (Wildman–Crippen LogP) is 6.42. The fourth-order valence-corrected chi connectivity index (χ4v) is 9.74. The zero-order chi connectivity index (χ0) is 37.0. The molecule has 2 aliphatic rings. The van der Waals surface area contributed by atoms with Crippen LogP contribution in [0.15, 0.2) is 71.1 Å². The Kier molecular flexibility index (Phi) is 14.7. The SMILES string of the molecule is C/C=C(\C)[SiH2]c1ccc(C(=O)OOC(=O)OC2CCC(C(C)(C)C3CCC(OC(=O)OOC(=O)c4ccc([SiH2]/C(C)=C/C)cc4)CC3)CC2)cc1. The minimum absolute atomic E-state index is 0.0368. The van der Waals surface area contributed by atoms with Gasteiger partial charge in [0.2, 0.25) is 0 Å². The van der Waals surface area contributed by atoms with Crippen molar-refractivity contribution in [3.63, 3.8) is 0 Å². The van der Waals surface area contributed by atoms with E-state index in [1.807, 2.05) is 38.1 Å². The van der Waals surface area contributed by atoms with Gasteiger partial charge in [0.25, 0.3) is 0 Å². The van der Waals surface area contributed by atoms with Crippen LogP contribution in [0.3, 0.4) is 0 Å². The van der Waals surface area contributed by atoms with Crippen molar-refractivity contribution in [2.45, 2.75) is 105 Å². The summed E-state index contributed by atoms with van der Waals surface area (Å²) in [7, 11) is -1.07. The maximum Gasteiger partial charge on any atom is 0.550 e. The van der Waals surface area contributed by atoms with E-state index in [4.69, 9.17) is 19.2 Å². The zero-order valence-corrected chi connectivity index (χ0v) is 33.6. The topological polar surface area (TPSA) is 124 Å².